The molecular formula is C25H24BrN3O4. The van der Waals surface area contributed by atoms with Crippen LogP contribution in [0.5, 0.6) is 5.75 Å². The van der Waals surface area contributed by atoms with Crippen molar-refractivity contribution in [2.45, 2.75) is 19.3 Å². The summed E-state index contributed by atoms with van der Waals surface area (Å²) in [5.74, 6) is -0.881. The zero-order chi connectivity index (χ0) is 23.5. The number of carbonyl (C=O) groups is 3. The van der Waals surface area contributed by atoms with Gasteiger partial charge < -0.3 is 10.1 Å². The fourth-order valence-electron chi connectivity index (χ4n) is 2.96. The largest absolute Gasteiger partial charge is 0.492 e. The van der Waals surface area contributed by atoms with Gasteiger partial charge in [-0.1, -0.05) is 64.5 Å². The lowest BCUT2D eigenvalue weighted by Gasteiger charge is -2.13. The van der Waals surface area contributed by atoms with Gasteiger partial charge in [0.25, 0.3) is 5.91 Å². The van der Waals surface area contributed by atoms with Crippen LogP contribution in [0, 0.1) is 0 Å². The summed E-state index contributed by atoms with van der Waals surface area (Å²) in [5.41, 5.74) is 6.78. The minimum absolute atomic E-state index is 0.0126. The van der Waals surface area contributed by atoms with Crippen molar-refractivity contribution in [3.63, 3.8) is 0 Å². The summed E-state index contributed by atoms with van der Waals surface area (Å²) < 4.78 is 6.51. The number of nitrogens with one attached hydrogen (secondary N) is 3. The molecule has 7 nitrogen and oxygen atoms in total. The molecule has 0 aliphatic heterocycles. The van der Waals surface area contributed by atoms with Crippen LogP contribution in [0.1, 0.15) is 28.8 Å². The van der Waals surface area contributed by atoms with E-state index in [1.807, 2.05) is 36.4 Å². The minimum Gasteiger partial charge on any atom is -0.492 e. The summed E-state index contributed by atoms with van der Waals surface area (Å²) in [6.07, 6.45) is 0.610. The van der Waals surface area contributed by atoms with Crippen molar-refractivity contribution in [2.24, 2.45) is 0 Å². The maximum absolute atomic E-state index is 12.6. The molecule has 0 fully saturated rings. The van der Waals surface area contributed by atoms with E-state index < -0.39 is 11.8 Å². The highest BCUT2D eigenvalue weighted by Crippen LogP contribution is 2.23. The fourth-order valence-corrected chi connectivity index (χ4v) is 3.32. The van der Waals surface area contributed by atoms with Crippen molar-refractivity contribution < 1.29 is 19.1 Å². The molecule has 0 heterocycles. The molecule has 33 heavy (non-hydrogen) atoms. The minimum atomic E-state index is -0.520. The molecule has 0 aliphatic rings. The molecule has 0 aromatic heterocycles. The van der Waals surface area contributed by atoms with Gasteiger partial charge in [0.1, 0.15) is 5.75 Å². The van der Waals surface area contributed by atoms with E-state index >= 15 is 0 Å². The molecule has 0 atom stereocenters. The maximum atomic E-state index is 12.6. The van der Waals surface area contributed by atoms with Gasteiger partial charge >= 0.3 is 0 Å². The van der Waals surface area contributed by atoms with Crippen LogP contribution in [0.4, 0.5) is 5.69 Å². The first-order valence-electron chi connectivity index (χ1n) is 10.4. The number of benzene rings is 3. The zero-order valence-electron chi connectivity index (χ0n) is 17.8. The first-order valence-corrected chi connectivity index (χ1v) is 11.2. The standard InChI is InChI=1S/C25H24BrN3O4/c26-19-11-12-22(33-16-15-18-7-3-1-4-8-18)21(17-19)25(32)29-28-24(31)14-13-23(30)27-20-9-5-2-6-10-20/h1-12,17H,13-16H2,(H,27,30)(H,28,31)(H,29,32). The summed E-state index contributed by atoms with van der Waals surface area (Å²) in [6.45, 7) is 0.398. The fraction of sp³-hybridized carbons (Fsp3) is 0.160. The second kappa shape index (κ2) is 12.4. The third-order valence-corrected chi connectivity index (χ3v) is 5.12. The Bertz CT molecular complexity index is 1090. The van der Waals surface area contributed by atoms with E-state index in [2.05, 4.69) is 32.1 Å². The number of amides is 3. The molecular weight excluding hydrogens is 486 g/mol. The van der Waals surface area contributed by atoms with Crippen LogP contribution in [0.2, 0.25) is 0 Å². The Balaban J connectivity index is 1.47. The van der Waals surface area contributed by atoms with Gasteiger partial charge in [-0.3, -0.25) is 25.2 Å². The normalized spacial score (nSPS) is 10.2. The molecule has 3 N–H and O–H groups in total. The Morgan fingerprint density at radius 1 is 0.788 bits per heavy atom. The van der Waals surface area contributed by atoms with Gasteiger partial charge in [-0.2, -0.15) is 0 Å². The van der Waals surface area contributed by atoms with Gasteiger partial charge in [0.05, 0.1) is 12.2 Å². The molecule has 3 aromatic rings. The van der Waals surface area contributed by atoms with E-state index in [0.29, 0.717) is 28.9 Å². The highest BCUT2D eigenvalue weighted by atomic mass is 79.9. The predicted molar refractivity (Wildman–Crippen MR) is 130 cm³/mol. The van der Waals surface area contributed by atoms with Crippen LogP contribution in [-0.4, -0.2) is 24.3 Å². The third-order valence-electron chi connectivity index (χ3n) is 4.63. The van der Waals surface area contributed by atoms with Crippen molar-refractivity contribution in [1.82, 2.24) is 10.9 Å². The number of ether oxygens (including phenoxy) is 1. The molecule has 0 bridgehead atoms. The van der Waals surface area contributed by atoms with E-state index in [9.17, 15) is 14.4 Å². The number of anilines is 1. The van der Waals surface area contributed by atoms with Crippen molar-refractivity contribution >= 4 is 39.3 Å². The maximum Gasteiger partial charge on any atom is 0.273 e. The monoisotopic (exact) mass is 509 g/mol. The Hall–Kier alpha value is -3.65. The quantitative estimate of drug-likeness (QED) is 0.375. The van der Waals surface area contributed by atoms with Gasteiger partial charge in [0.15, 0.2) is 0 Å². The van der Waals surface area contributed by atoms with Crippen molar-refractivity contribution in [3.8, 4) is 5.75 Å². The molecule has 0 aliphatic carbocycles. The molecule has 0 saturated heterocycles. The van der Waals surface area contributed by atoms with Crippen molar-refractivity contribution in [3.05, 3.63) is 94.5 Å². The first kappa shape index (κ1) is 24.0. The van der Waals surface area contributed by atoms with E-state index in [1.54, 1.807) is 42.5 Å². The average molecular weight is 510 g/mol. The number of halogens is 1. The van der Waals surface area contributed by atoms with Gasteiger partial charge in [0, 0.05) is 29.4 Å². The number of hydrazine groups is 1. The third kappa shape index (κ3) is 8.08. The van der Waals surface area contributed by atoms with Crippen LogP contribution >= 0.6 is 15.9 Å². The highest BCUT2D eigenvalue weighted by molar-refractivity contribution is 9.10. The van der Waals surface area contributed by atoms with Gasteiger partial charge in [-0.15, -0.1) is 0 Å². The number of para-hydroxylation sites is 1. The zero-order valence-corrected chi connectivity index (χ0v) is 19.4. The summed E-state index contributed by atoms with van der Waals surface area (Å²) in [5, 5.41) is 2.70. The summed E-state index contributed by atoms with van der Waals surface area (Å²) >= 11 is 3.35. The van der Waals surface area contributed by atoms with Crippen LogP contribution in [-0.2, 0) is 16.0 Å². The van der Waals surface area contributed by atoms with Crippen LogP contribution < -0.4 is 20.9 Å². The SMILES string of the molecule is O=C(CCC(=O)Nc1ccccc1)NNC(=O)c1cc(Br)ccc1OCCc1ccccc1. The number of hydrogen-bond acceptors (Lipinski definition) is 4. The van der Waals surface area contributed by atoms with Gasteiger partial charge in [-0.25, -0.2) is 0 Å². The van der Waals surface area contributed by atoms with Crippen LogP contribution in [0.15, 0.2) is 83.3 Å². The lowest BCUT2D eigenvalue weighted by Crippen LogP contribution is -2.42. The molecule has 0 unspecified atom stereocenters. The molecule has 0 saturated carbocycles. The number of rotatable bonds is 9. The van der Waals surface area contributed by atoms with Gasteiger partial charge in [0.2, 0.25) is 11.8 Å². The Labute approximate surface area is 200 Å². The van der Waals surface area contributed by atoms with E-state index in [4.69, 9.17) is 4.74 Å². The predicted octanol–water partition coefficient (Wildman–Crippen LogP) is 4.25. The average Bonchev–Trinajstić information content (AvgIpc) is 2.83. The lowest BCUT2D eigenvalue weighted by molar-refractivity contribution is -0.124. The topological polar surface area (TPSA) is 96.5 Å². The van der Waals surface area contributed by atoms with Crippen molar-refractivity contribution in [2.75, 3.05) is 11.9 Å². The molecule has 3 amide bonds. The molecule has 0 spiro atoms. The number of hydrogen-bond donors (Lipinski definition) is 3. The summed E-state index contributed by atoms with van der Waals surface area (Å²) in [7, 11) is 0. The Morgan fingerprint density at radius 3 is 2.18 bits per heavy atom. The first-order chi connectivity index (χ1) is 16.0. The molecule has 170 valence electrons. The van der Waals surface area contributed by atoms with Crippen molar-refractivity contribution in [1.29, 1.82) is 0 Å². The molecule has 8 heteroatoms. The van der Waals surface area contributed by atoms with Crippen LogP contribution in [0.25, 0.3) is 0 Å². The molecule has 3 rings (SSSR count). The lowest BCUT2D eigenvalue weighted by atomic mass is 10.1. The Morgan fingerprint density at radius 2 is 1.45 bits per heavy atom. The molecule has 0 radical (unpaired) electrons. The molecule has 3 aromatic carbocycles. The summed E-state index contributed by atoms with van der Waals surface area (Å²) in [4.78, 5) is 36.7. The summed E-state index contributed by atoms with van der Waals surface area (Å²) in [6, 6.07) is 23.9. The van der Waals surface area contributed by atoms with Crippen LogP contribution in [0.3, 0.4) is 0 Å². The van der Waals surface area contributed by atoms with E-state index in [0.717, 1.165) is 5.56 Å². The second-order valence-corrected chi connectivity index (χ2v) is 8.06. The second-order valence-electron chi connectivity index (χ2n) is 7.14. The highest BCUT2D eigenvalue weighted by Gasteiger charge is 2.15. The van der Waals surface area contributed by atoms with E-state index in [1.165, 1.54) is 0 Å². The smallest absolute Gasteiger partial charge is 0.273 e. The van der Waals surface area contributed by atoms with Gasteiger partial charge in [-0.05, 0) is 35.9 Å². The Kier molecular flexibility index (Phi) is 9.02. The number of carbonyl (C=O) groups excluding carboxylic acids is 3. The van der Waals surface area contributed by atoms with E-state index in [-0.39, 0.29) is 24.3 Å².